The van der Waals surface area contributed by atoms with Crippen molar-refractivity contribution in [1.82, 2.24) is 15.0 Å². The van der Waals surface area contributed by atoms with Gasteiger partial charge in [-0.15, -0.1) is 0 Å². The van der Waals surface area contributed by atoms with E-state index in [4.69, 9.17) is 0 Å². The lowest BCUT2D eigenvalue weighted by atomic mass is 10.2. The molecule has 4 aromatic rings. The number of hydrogen-bond acceptors (Lipinski definition) is 5. The fourth-order valence-electron chi connectivity index (χ4n) is 2.74. The predicted octanol–water partition coefficient (Wildman–Crippen LogP) is 5.17. The maximum atomic E-state index is 13.5. The Morgan fingerprint density at radius 2 is 1.62 bits per heavy atom. The molecule has 4 rings (SSSR count). The smallest absolute Gasteiger partial charge is 0.163 e. The van der Waals surface area contributed by atoms with E-state index >= 15 is 0 Å². The van der Waals surface area contributed by atoms with E-state index in [0.717, 1.165) is 23.3 Å². The summed E-state index contributed by atoms with van der Waals surface area (Å²) < 4.78 is 26.8. The first kappa shape index (κ1) is 18.5. The first-order valence-corrected chi connectivity index (χ1v) is 8.97. The number of nitrogens with one attached hydrogen (secondary N) is 2. The fraction of sp³-hybridized carbons (Fsp3) is 0.0455. The summed E-state index contributed by atoms with van der Waals surface area (Å²) in [5.41, 5.74) is 2.23. The summed E-state index contributed by atoms with van der Waals surface area (Å²) >= 11 is 0. The Bertz CT molecular complexity index is 1100. The van der Waals surface area contributed by atoms with Crippen molar-refractivity contribution in [3.8, 4) is 11.4 Å². The molecule has 29 heavy (non-hydrogen) atoms. The minimum Gasteiger partial charge on any atom is -0.366 e. The molecule has 0 atom stereocenters. The fourth-order valence-corrected chi connectivity index (χ4v) is 2.74. The maximum absolute atomic E-state index is 13.5. The van der Waals surface area contributed by atoms with Gasteiger partial charge in [0, 0.05) is 42.3 Å². The molecule has 2 heterocycles. The number of anilines is 3. The van der Waals surface area contributed by atoms with Crippen molar-refractivity contribution in [3.05, 3.63) is 96.3 Å². The topological polar surface area (TPSA) is 62.7 Å². The second-order valence-corrected chi connectivity index (χ2v) is 6.30. The SMILES string of the molecule is Fc1ccc(Nc2cc(NCc3cccnc3)nc(-c3ccccc3)n2)cc1F. The molecule has 0 bridgehead atoms. The lowest BCUT2D eigenvalue weighted by Crippen LogP contribution is -2.05. The molecule has 2 aromatic carbocycles. The first-order chi connectivity index (χ1) is 14.2. The van der Waals surface area contributed by atoms with Gasteiger partial charge in [-0.25, -0.2) is 18.7 Å². The number of hydrogen-bond donors (Lipinski definition) is 2. The molecule has 0 radical (unpaired) electrons. The van der Waals surface area contributed by atoms with Crippen LogP contribution in [0.4, 0.5) is 26.1 Å². The van der Waals surface area contributed by atoms with E-state index in [1.165, 1.54) is 6.07 Å². The molecule has 2 N–H and O–H groups in total. The van der Waals surface area contributed by atoms with E-state index < -0.39 is 11.6 Å². The van der Waals surface area contributed by atoms with Crippen LogP contribution in [0.15, 0.2) is 79.1 Å². The van der Waals surface area contributed by atoms with E-state index in [0.29, 0.717) is 29.7 Å². The van der Waals surface area contributed by atoms with Crippen LogP contribution in [0.1, 0.15) is 5.56 Å². The van der Waals surface area contributed by atoms with Gasteiger partial charge in [-0.05, 0) is 23.8 Å². The van der Waals surface area contributed by atoms with Crippen molar-refractivity contribution in [2.24, 2.45) is 0 Å². The van der Waals surface area contributed by atoms with Gasteiger partial charge in [0.2, 0.25) is 0 Å². The Hall–Kier alpha value is -3.87. The molecular formula is C22H17F2N5. The third-order valence-electron chi connectivity index (χ3n) is 4.15. The van der Waals surface area contributed by atoms with Gasteiger partial charge in [-0.2, -0.15) is 0 Å². The summed E-state index contributed by atoms with van der Waals surface area (Å²) in [6.45, 7) is 0.531. The molecule has 0 spiro atoms. The molecule has 0 aliphatic carbocycles. The molecule has 7 heteroatoms. The minimum absolute atomic E-state index is 0.389. The molecule has 2 aromatic heterocycles. The summed E-state index contributed by atoms with van der Waals surface area (Å²) in [5.74, 6) is -0.275. The number of pyridine rings is 1. The zero-order chi connectivity index (χ0) is 20.1. The summed E-state index contributed by atoms with van der Waals surface area (Å²) in [5, 5.41) is 6.26. The first-order valence-electron chi connectivity index (χ1n) is 8.97. The van der Waals surface area contributed by atoms with E-state index in [-0.39, 0.29) is 0 Å². The van der Waals surface area contributed by atoms with Gasteiger partial charge in [0.1, 0.15) is 11.6 Å². The largest absolute Gasteiger partial charge is 0.366 e. The summed E-state index contributed by atoms with van der Waals surface area (Å²) in [6.07, 6.45) is 3.48. The van der Waals surface area contributed by atoms with Crippen molar-refractivity contribution in [2.75, 3.05) is 10.6 Å². The van der Waals surface area contributed by atoms with Gasteiger partial charge in [-0.3, -0.25) is 4.98 Å². The number of nitrogens with zero attached hydrogens (tertiary/aromatic N) is 3. The molecule has 0 aliphatic heterocycles. The van der Waals surface area contributed by atoms with Gasteiger partial charge in [-0.1, -0.05) is 36.4 Å². The highest BCUT2D eigenvalue weighted by molar-refractivity contribution is 5.65. The quantitative estimate of drug-likeness (QED) is 0.476. The summed E-state index contributed by atoms with van der Waals surface area (Å²) in [4.78, 5) is 13.2. The molecule has 0 saturated carbocycles. The molecule has 0 unspecified atom stereocenters. The average molecular weight is 389 g/mol. The third-order valence-corrected chi connectivity index (χ3v) is 4.15. The maximum Gasteiger partial charge on any atom is 0.163 e. The van der Waals surface area contributed by atoms with Crippen molar-refractivity contribution in [3.63, 3.8) is 0 Å². The van der Waals surface area contributed by atoms with Crippen LogP contribution in [0, 0.1) is 11.6 Å². The van der Waals surface area contributed by atoms with Gasteiger partial charge < -0.3 is 10.6 Å². The predicted molar refractivity (Wildman–Crippen MR) is 109 cm³/mol. The number of benzene rings is 2. The molecule has 0 saturated heterocycles. The Morgan fingerprint density at radius 1 is 0.793 bits per heavy atom. The Labute approximate surface area is 166 Å². The van der Waals surface area contributed by atoms with Crippen molar-refractivity contribution in [1.29, 1.82) is 0 Å². The molecule has 5 nitrogen and oxygen atoms in total. The van der Waals surface area contributed by atoms with Crippen LogP contribution in [0.2, 0.25) is 0 Å². The van der Waals surface area contributed by atoms with Gasteiger partial charge in [0.15, 0.2) is 17.5 Å². The van der Waals surface area contributed by atoms with Crippen molar-refractivity contribution < 1.29 is 8.78 Å². The van der Waals surface area contributed by atoms with Crippen LogP contribution >= 0.6 is 0 Å². The van der Waals surface area contributed by atoms with Crippen molar-refractivity contribution in [2.45, 2.75) is 6.54 Å². The highest BCUT2D eigenvalue weighted by Crippen LogP contribution is 2.24. The normalized spacial score (nSPS) is 10.6. The lowest BCUT2D eigenvalue weighted by Gasteiger charge is -2.12. The highest BCUT2D eigenvalue weighted by Gasteiger charge is 2.09. The average Bonchev–Trinajstić information content (AvgIpc) is 2.76. The van der Waals surface area contributed by atoms with Crippen LogP contribution in [-0.2, 0) is 6.54 Å². The molecule has 0 fully saturated rings. The Balaban J connectivity index is 1.64. The second kappa shape index (κ2) is 8.43. The summed E-state index contributed by atoms with van der Waals surface area (Å²) in [7, 11) is 0. The van der Waals surface area contributed by atoms with Gasteiger partial charge in [0.25, 0.3) is 0 Å². The van der Waals surface area contributed by atoms with Crippen molar-refractivity contribution >= 4 is 17.3 Å². The second-order valence-electron chi connectivity index (χ2n) is 6.30. The van der Waals surface area contributed by atoms with E-state index in [1.54, 1.807) is 18.5 Å². The summed E-state index contributed by atoms with van der Waals surface area (Å²) in [6, 6.07) is 18.7. The lowest BCUT2D eigenvalue weighted by molar-refractivity contribution is 0.509. The van der Waals surface area contributed by atoms with E-state index in [1.807, 2.05) is 42.5 Å². The van der Waals surface area contributed by atoms with Gasteiger partial charge >= 0.3 is 0 Å². The molecule has 0 aliphatic rings. The van der Waals surface area contributed by atoms with E-state index in [2.05, 4.69) is 25.6 Å². The van der Waals surface area contributed by atoms with Crippen LogP contribution in [0.5, 0.6) is 0 Å². The molecule has 144 valence electrons. The van der Waals surface area contributed by atoms with Crippen LogP contribution in [-0.4, -0.2) is 15.0 Å². The number of halogens is 2. The van der Waals surface area contributed by atoms with Crippen LogP contribution < -0.4 is 10.6 Å². The monoisotopic (exact) mass is 389 g/mol. The van der Waals surface area contributed by atoms with Crippen LogP contribution in [0.3, 0.4) is 0 Å². The molecule has 0 amide bonds. The minimum atomic E-state index is -0.928. The standard InChI is InChI=1S/C22H17F2N5/c23-18-9-8-17(11-19(18)24)27-21-12-20(26-14-15-5-4-10-25-13-15)28-22(29-21)16-6-2-1-3-7-16/h1-13H,14H2,(H2,26,27,28,29). The number of rotatable bonds is 6. The zero-order valence-electron chi connectivity index (χ0n) is 15.3. The number of aromatic nitrogens is 3. The third kappa shape index (κ3) is 4.70. The Kier molecular flexibility index (Phi) is 5.38. The van der Waals surface area contributed by atoms with Crippen LogP contribution in [0.25, 0.3) is 11.4 Å². The van der Waals surface area contributed by atoms with E-state index in [9.17, 15) is 8.78 Å². The molecular weight excluding hydrogens is 372 g/mol. The zero-order valence-corrected chi connectivity index (χ0v) is 15.3. The highest BCUT2D eigenvalue weighted by atomic mass is 19.2. The van der Waals surface area contributed by atoms with Gasteiger partial charge in [0.05, 0.1) is 0 Å². The Morgan fingerprint density at radius 3 is 2.38 bits per heavy atom.